The first-order chi connectivity index (χ1) is 23.4. The van der Waals surface area contributed by atoms with Gasteiger partial charge in [-0.3, -0.25) is 20.2 Å². The summed E-state index contributed by atoms with van der Waals surface area (Å²) in [6, 6.07) is 12.5. The molecule has 0 aliphatic heterocycles. The molecule has 13 nitrogen and oxygen atoms in total. The van der Waals surface area contributed by atoms with Crippen LogP contribution >= 0.6 is 0 Å². The Balaban J connectivity index is 1.35. The monoisotopic (exact) mass is 685 g/mol. The summed E-state index contributed by atoms with van der Waals surface area (Å²) in [5.41, 5.74) is -1.66. The number of carbonyl (C=O) groups excluding carboxylic acids is 2. The number of halogens is 3. The van der Waals surface area contributed by atoms with Gasteiger partial charge in [0.1, 0.15) is 5.75 Å². The molecule has 0 saturated heterocycles. The largest absolute Gasteiger partial charge is 0.493 e. The summed E-state index contributed by atoms with van der Waals surface area (Å²) >= 11 is 0. The van der Waals surface area contributed by atoms with Gasteiger partial charge in [-0.05, 0) is 68.0 Å². The van der Waals surface area contributed by atoms with Gasteiger partial charge in [0.15, 0.2) is 11.6 Å². The number of hydrogen-bond donors (Lipinski definition) is 0. The maximum Gasteiger partial charge on any atom is 0.426 e. The van der Waals surface area contributed by atoms with Gasteiger partial charge in [-0.1, -0.05) is 12.1 Å². The van der Waals surface area contributed by atoms with Crippen LogP contribution in [-0.4, -0.2) is 41.6 Å². The van der Waals surface area contributed by atoms with Gasteiger partial charge in [-0.25, -0.2) is 14.0 Å². The van der Waals surface area contributed by atoms with E-state index in [2.05, 4.69) is 4.74 Å². The minimum atomic E-state index is -3.87. The van der Waals surface area contributed by atoms with Crippen LogP contribution in [0.4, 0.5) is 24.5 Å². The average Bonchev–Trinajstić information content (AvgIpc) is 3.07. The number of nitro groups is 2. The number of hydrogen-bond acceptors (Lipinski definition) is 11. The van der Waals surface area contributed by atoms with Crippen molar-refractivity contribution < 1.29 is 51.6 Å². The highest BCUT2D eigenvalue weighted by molar-refractivity contribution is 5.91. The first-order valence-electron chi connectivity index (χ1n) is 14.8. The standard InChI is InChI=1S/C33H30F3N3O10/c34-29-22-28(46-16-6-3-15-37)12-13-30(29)49-33(35,36)25-10-7-23(8-11-25)9-14-31(40)47-17-4-1-2-5-18-48-32(41)24-19-26(38(42)43)21-27(20-24)39(44)45/h7-14,19-22H,1-6,16-18H2/b14-9+. The van der Waals surface area contributed by atoms with Crippen molar-refractivity contribution in [2.24, 2.45) is 0 Å². The molecule has 258 valence electrons. The third kappa shape index (κ3) is 12.3. The number of ether oxygens (including phenoxy) is 4. The molecular weight excluding hydrogens is 655 g/mol. The van der Waals surface area contributed by atoms with Crippen molar-refractivity contribution in [2.45, 2.75) is 44.6 Å². The fourth-order valence-electron chi connectivity index (χ4n) is 4.10. The number of non-ortho nitro benzene ring substituents is 2. The van der Waals surface area contributed by atoms with Gasteiger partial charge in [0.25, 0.3) is 11.4 Å². The van der Waals surface area contributed by atoms with Crippen molar-refractivity contribution >= 4 is 29.4 Å². The van der Waals surface area contributed by atoms with Gasteiger partial charge in [0, 0.05) is 30.7 Å². The van der Waals surface area contributed by atoms with E-state index in [4.69, 9.17) is 19.5 Å². The Hall–Kier alpha value is -5.98. The Kier molecular flexibility index (Phi) is 14.1. The van der Waals surface area contributed by atoms with Gasteiger partial charge in [-0.2, -0.15) is 14.0 Å². The number of nitrogens with zero attached hydrogens (tertiary/aromatic N) is 3. The molecule has 0 heterocycles. The van der Waals surface area contributed by atoms with Crippen LogP contribution in [-0.2, 0) is 20.4 Å². The lowest BCUT2D eigenvalue weighted by molar-refractivity contribution is -0.394. The summed E-state index contributed by atoms with van der Waals surface area (Å²) in [4.78, 5) is 44.4. The number of rotatable bonds is 19. The quantitative estimate of drug-likeness (QED) is 0.0402. The number of esters is 2. The van der Waals surface area contributed by atoms with Crippen molar-refractivity contribution in [3.05, 3.63) is 109 Å². The van der Waals surface area contributed by atoms with Crippen LogP contribution in [0.5, 0.6) is 11.5 Å². The van der Waals surface area contributed by atoms with E-state index in [0.29, 0.717) is 37.7 Å². The fourth-order valence-corrected chi connectivity index (χ4v) is 4.10. The Morgan fingerprint density at radius 2 is 1.47 bits per heavy atom. The first-order valence-corrected chi connectivity index (χ1v) is 14.8. The molecule has 0 N–H and O–H groups in total. The molecule has 0 amide bonds. The minimum Gasteiger partial charge on any atom is -0.493 e. The van der Waals surface area contributed by atoms with Crippen molar-refractivity contribution in [3.8, 4) is 17.6 Å². The van der Waals surface area contributed by atoms with Crippen LogP contribution in [0, 0.1) is 37.4 Å². The molecule has 0 saturated carbocycles. The molecule has 0 aliphatic rings. The molecule has 0 aliphatic carbocycles. The van der Waals surface area contributed by atoms with Crippen molar-refractivity contribution in [2.75, 3.05) is 19.8 Å². The predicted molar refractivity (Wildman–Crippen MR) is 166 cm³/mol. The van der Waals surface area contributed by atoms with Gasteiger partial charge >= 0.3 is 18.0 Å². The number of nitriles is 1. The zero-order chi connectivity index (χ0) is 35.8. The maximum atomic E-state index is 14.7. The number of carbonyl (C=O) groups is 2. The Morgan fingerprint density at radius 3 is 2.06 bits per heavy atom. The number of nitro benzene ring substituents is 2. The zero-order valence-corrected chi connectivity index (χ0v) is 25.9. The second-order valence-corrected chi connectivity index (χ2v) is 10.2. The third-order valence-electron chi connectivity index (χ3n) is 6.58. The summed E-state index contributed by atoms with van der Waals surface area (Å²) in [6.45, 7) is 0.230. The van der Waals surface area contributed by atoms with Crippen molar-refractivity contribution in [3.63, 3.8) is 0 Å². The molecule has 16 heteroatoms. The van der Waals surface area contributed by atoms with Gasteiger partial charge in [0.05, 0.1) is 52.9 Å². The predicted octanol–water partition coefficient (Wildman–Crippen LogP) is 7.43. The fraction of sp³-hybridized carbons (Fsp3) is 0.303. The molecule has 0 unspecified atom stereocenters. The smallest absolute Gasteiger partial charge is 0.426 e. The van der Waals surface area contributed by atoms with Crippen molar-refractivity contribution in [1.29, 1.82) is 5.26 Å². The number of alkyl halides is 2. The molecule has 3 aromatic carbocycles. The second-order valence-electron chi connectivity index (χ2n) is 10.2. The minimum absolute atomic E-state index is 0.0280. The lowest BCUT2D eigenvalue weighted by atomic mass is 10.1. The average molecular weight is 686 g/mol. The molecule has 0 atom stereocenters. The summed E-state index contributed by atoms with van der Waals surface area (Å²) in [5.74, 6) is -3.22. The Bertz CT molecular complexity index is 1680. The van der Waals surface area contributed by atoms with Gasteiger partial charge in [0.2, 0.25) is 0 Å². The molecule has 0 spiro atoms. The van der Waals surface area contributed by atoms with Crippen LogP contribution in [0.3, 0.4) is 0 Å². The van der Waals surface area contributed by atoms with E-state index in [1.54, 1.807) is 0 Å². The highest BCUT2D eigenvalue weighted by Crippen LogP contribution is 2.34. The van der Waals surface area contributed by atoms with E-state index in [1.165, 1.54) is 24.3 Å². The maximum absolute atomic E-state index is 14.7. The van der Waals surface area contributed by atoms with Gasteiger partial charge in [-0.15, -0.1) is 0 Å². The van der Waals surface area contributed by atoms with Crippen molar-refractivity contribution in [1.82, 2.24) is 0 Å². The SMILES string of the molecule is N#CCCCOc1ccc(OC(F)(F)c2ccc(/C=C/C(=O)OCCCCCCOC(=O)c3cc([N+](=O)[O-])cc([N+](=O)[O-])c3)cc2)c(F)c1. The second kappa shape index (κ2) is 18.4. The van der Waals surface area contributed by atoms with Crippen LogP contribution in [0.1, 0.15) is 60.0 Å². The van der Waals surface area contributed by atoms with E-state index in [0.717, 1.165) is 48.5 Å². The van der Waals surface area contributed by atoms with Crippen LogP contribution < -0.4 is 9.47 Å². The normalized spacial score (nSPS) is 11.1. The molecule has 0 bridgehead atoms. The molecule has 3 rings (SSSR count). The number of unbranched alkanes of at least 4 members (excludes halogenated alkanes) is 4. The van der Waals surface area contributed by atoms with E-state index < -0.39 is 56.4 Å². The first kappa shape index (κ1) is 37.5. The highest BCUT2D eigenvalue weighted by Gasteiger charge is 2.35. The summed E-state index contributed by atoms with van der Waals surface area (Å²) < 4.78 is 63.8. The molecular formula is C33H30F3N3O10. The molecule has 49 heavy (non-hydrogen) atoms. The van der Waals surface area contributed by atoms with E-state index in [1.807, 2.05) is 6.07 Å². The summed E-state index contributed by atoms with van der Waals surface area (Å²) in [6.07, 6.45) is 1.44. The summed E-state index contributed by atoms with van der Waals surface area (Å²) in [5, 5.41) is 30.5. The third-order valence-corrected chi connectivity index (χ3v) is 6.58. The Labute approximate surface area is 277 Å². The molecule has 3 aromatic rings. The zero-order valence-electron chi connectivity index (χ0n) is 25.9. The molecule has 0 aromatic heterocycles. The van der Waals surface area contributed by atoms with Crippen LogP contribution in [0.2, 0.25) is 0 Å². The molecule has 0 radical (unpaired) electrons. The van der Waals surface area contributed by atoms with E-state index in [9.17, 15) is 43.0 Å². The Morgan fingerprint density at radius 1 is 0.837 bits per heavy atom. The highest BCUT2D eigenvalue weighted by atomic mass is 19.3. The molecule has 0 fully saturated rings. The number of benzene rings is 3. The topological polar surface area (TPSA) is 181 Å². The van der Waals surface area contributed by atoms with E-state index in [-0.39, 0.29) is 37.6 Å². The lowest BCUT2D eigenvalue weighted by Crippen LogP contribution is -2.22. The van der Waals surface area contributed by atoms with E-state index >= 15 is 0 Å². The van der Waals surface area contributed by atoms with Gasteiger partial charge < -0.3 is 18.9 Å². The lowest BCUT2D eigenvalue weighted by Gasteiger charge is -2.19. The summed E-state index contributed by atoms with van der Waals surface area (Å²) in [7, 11) is 0. The van der Waals surface area contributed by atoms with Crippen LogP contribution in [0.25, 0.3) is 6.08 Å². The van der Waals surface area contributed by atoms with Crippen LogP contribution in [0.15, 0.2) is 66.7 Å².